The molecule has 0 aromatic heterocycles. The van der Waals surface area contributed by atoms with Crippen molar-refractivity contribution in [2.45, 2.75) is 31.8 Å². The molecule has 0 radical (unpaired) electrons. The number of nitrogens with one attached hydrogen (secondary N) is 1. The van der Waals surface area contributed by atoms with Gasteiger partial charge in [-0.1, -0.05) is 6.92 Å². The second-order valence-corrected chi connectivity index (χ2v) is 3.98. The summed E-state index contributed by atoms with van der Waals surface area (Å²) in [6.07, 6.45) is 2.42. The van der Waals surface area contributed by atoms with Crippen LogP contribution in [0, 0.1) is 0 Å². The van der Waals surface area contributed by atoms with Gasteiger partial charge < -0.3 is 15.0 Å². The number of hydrogen-bond acceptors (Lipinski definition) is 3. The standard InChI is InChI=1S/C10H22N2O/c1-4-9(8-13-3)11-10-5-6-12(2)7-10/h9-11H,4-8H2,1-3H3. The van der Waals surface area contributed by atoms with E-state index in [0.29, 0.717) is 12.1 Å². The molecule has 1 heterocycles. The summed E-state index contributed by atoms with van der Waals surface area (Å²) in [6.45, 7) is 5.44. The van der Waals surface area contributed by atoms with Crippen LogP contribution in [0.2, 0.25) is 0 Å². The van der Waals surface area contributed by atoms with Crippen molar-refractivity contribution in [1.82, 2.24) is 10.2 Å². The van der Waals surface area contributed by atoms with Crippen LogP contribution < -0.4 is 5.32 Å². The Hall–Kier alpha value is -0.120. The zero-order valence-electron chi connectivity index (χ0n) is 9.05. The van der Waals surface area contributed by atoms with Crippen molar-refractivity contribution in [2.24, 2.45) is 0 Å². The van der Waals surface area contributed by atoms with Gasteiger partial charge in [0.1, 0.15) is 0 Å². The number of hydrogen-bond donors (Lipinski definition) is 1. The molecule has 1 aliphatic rings. The van der Waals surface area contributed by atoms with E-state index in [0.717, 1.165) is 13.0 Å². The van der Waals surface area contributed by atoms with Crippen molar-refractivity contribution in [3.63, 3.8) is 0 Å². The number of rotatable bonds is 5. The smallest absolute Gasteiger partial charge is 0.0615 e. The van der Waals surface area contributed by atoms with E-state index < -0.39 is 0 Å². The van der Waals surface area contributed by atoms with Crippen LogP contribution in [0.25, 0.3) is 0 Å². The highest BCUT2D eigenvalue weighted by Crippen LogP contribution is 2.07. The number of ether oxygens (including phenoxy) is 1. The molecule has 0 bridgehead atoms. The number of nitrogens with zero attached hydrogens (tertiary/aromatic N) is 1. The fraction of sp³-hybridized carbons (Fsp3) is 1.00. The Kier molecular flexibility index (Phi) is 4.70. The molecular formula is C10H22N2O. The summed E-state index contributed by atoms with van der Waals surface area (Å²) in [4.78, 5) is 2.37. The summed E-state index contributed by atoms with van der Waals surface area (Å²) >= 11 is 0. The maximum atomic E-state index is 5.16. The van der Waals surface area contributed by atoms with Crippen LogP contribution in [0.1, 0.15) is 19.8 Å². The van der Waals surface area contributed by atoms with Crippen LogP contribution in [-0.4, -0.2) is 50.8 Å². The molecule has 3 nitrogen and oxygen atoms in total. The van der Waals surface area contributed by atoms with Crippen molar-refractivity contribution in [1.29, 1.82) is 0 Å². The topological polar surface area (TPSA) is 24.5 Å². The van der Waals surface area contributed by atoms with E-state index in [9.17, 15) is 0 Å². The third-order valence-electron chi connectivity index (χ3n) is 2.72. The minimum absolute atomic E-state index is 0.529. The lowest BCUT2D eigenvalue weighted by Gasteiger charge is -2.20. The molecule has 2 atom stereocenters. The molecule has 0 aliphatic carbocycles. The van der Waals surface area contributed by atoms with Crippen molar-refractivity contribution in [3.8, 4) is 0 Å². The van der Waals surface area contributed by atoms with E-state index in [1.807, 2.05) is 0 Å². The summed E-state index contributed by atoms with van der Waals surface area (Å²) in [5.74, 6) is 0. The Bertz CT molecular complexity index is 139. The summed E-state index contributed by atoms with van der Waals surface area (Å²) in [7, 11) is 3.95. The van der Waals surface area contributed by atoms with Crippen LogP contribution in [0.3, 0.4) is 0 Å². The van der Waals surface area contributed by atoms with Crippen LogP contribution in [0.4, 0.5) is 0 Å². The molecule has 3 heteroatoms. The minimum Gasteiger partial charge on any atom is -0.383 e. The van der Waals surface area contributed by atoms with Gasteiger partial charge in [-0.15, -0.1) is 0 Å². The molecule has 0 aromatic carbocycles. The lowest BCUT2D eigenvalue weighted by molar-refractivity contribution is 0.158. The van der Waals surface area contributed by atoms with Gasteiger partial charge in [0.05, 0.1) is 6.61 Å². The lowest BCUT2D eigenvalue weighted by atomic mass is 10.2. The molecule has 1 fully saturated rings. The molecule has 0 spiro atoms. The molecule has 1 N–H and O–H groups in total. The van der Waals surface area contributed by atoms with Gasteiger partial charge in [0.25, 0.3) is 0 Å². The second-order valence-electron chi connectivity index (χ2n) is 3.98. The molecule has 0 saturated carbocycles. The first kappa shape index (κ1) is 11.0. The van der Waals surface area contributed by atoms with Crippen LogP contribution >= 0.6 is 0 Å². The minimum atomic E-state index is 0.529. The van der Waals surface area contributed by atoms with Crippen molar-refractivity contribution in [2.75, 3.05) is 33.9 Å². The maximum Gasteiger partial charge on any atom is 0.0615 e. The molecule has 2 unspecified atom stereocenters. The Morgan fingerprint density at radius 2 is 2.38 bits per heavy atom. The van der Waals surface area contributed by atoms with E-state index in [1.54, 1.807) is 7.11 Å². The normalized spacial score (nSPS) is 26.5. The molecule has 1 saturated heterocycles. The summed E-state index contributed by atoms with van der Waals surface area (Å²) in [5, 5.41) is 3.63. The predicted molar refractivity (Wildman–Crippen MR) is 55.0 cm³/mol. The van der Waals surface area contributed by atoms with E-state index in [1.165, 1.54) is 19.5 Å². The average Bonchev–Trinajstić information content (AvgIpc) is 2.50. The highest BCUT2D eigenvalue weighted by atomic mass is 16.5. The first-order valence-electron chi connectivity index (χ1n) is 5.19. The third kappa shape index (κ3) is 3.63. The van der Waals surface area contributed by atoms with Gasteiger partial charge in [0, 0.05) is 25.7 Å². The third-order valence-corrected chi connectivity index (χ3v) is 2.72. The highest BCUT2D eigenvalue weighted by molar-refractivity contribution is 4.81. The van der Waals surface area contributed by atoms with Crippen LogP contribution in [0.15, 0.2) is 0 Å². The fourth-order valence-corrected chi connectivity index (χ4v) is 1.89. The molecule has 13 heavy (non-hydrogen) atoms. The van der Waals surface area contributed by atoms with Crippen LogP contribution in [0.5, 0.6) is 0 Å². The molecule has 0 aromatic rings. The Morgan fingerprint density at radius 3 is 2.85 bits per heavy atom. The van der Waals surface area contributed by atoms with E-state index in [2.05, 4.69) is 24.2 Å². The van der Waals surface area contributed by atoms with Crippen molar-refractivity contribution in [3.05, 3.63) is 0 Å². The van der Waals surface area contributed by atoms with Gasteiger partial charge in [0.2, 0.25) is 0 Å². The van der Waals surface area contributed by atoms with E-state index in [4.69, 9.17) is 4.74 Å². The van der Waals surface area contributed by atoms with Crippen molar-refractivity contribution >= 4 is 0 Å². The van der Waals surface area contributed by atoms with Gasteiger partial charge in [-0.25, -0.2) is 0 Å². The van der Waals surface area contributed by atoms with Crippen molar-refractivity contribution < 1.29 is 4.74 Å². The number of methoxy groups -OCH3 is 1. The molecule has 0 amide bonds. The van der Waals surface area contributed by atoms with E-state index in [-0.39, 0.29) is 0 Å². The average molecular weight is 186 g/mol. The predicted octanol–water partition coefficient (Wildman–Crippen LogP) is 0.705. The summed E-state index contributed by atoms with van der Waals surface area (Å²) in [5.41, 5.74) is 0. The zero-order valence-corrected chi connectivity index (χ0v) is 9.05. The van der Waals surface area contributed by atoms with Gasteiger partial charge in [-0.2, -0.15) is 0 Å². The van der Waals surface area contributed by atoms with Gasteiger partial charge >= 0.3 is 0 Å². The Balaban J connectivity index is 2.21. The zero-order chi connectivity index (χ0) is 9.68. The van der Waals surface area contributed by atoms with Gasteiger partial charge in [-0.05, 0) is 26.4 Å². The summed E-state index contributed by atoms with van der Waals surface area (Å²) < 4.78 is 5.16. The van der Waals surface area contributed by atoms with E-state index >= 15 is 0 Å². The first-order chi connectivity index (χ1) is 6.26. The van der Waals surface area contributed by atoms with Crippen LogP contribution in [-0.2, 0) is 4.74 Å². The molecule has 1 rings (SSSR count). The van der Waals surface area contributed by atoms with Gasteiger partial charge in [-0.3, -0.25) is 0 Å². The number of likely N-dealkylation sites (tertiary alicyclic amines) is 1. The first-order valence-corrected chi connectivity index (χ1v) is 5.19. The molecular weight excluding hydrogens is 164 g/mol. The molecule has 1 aliphatic heterocycles. The van der Waals surface area contributed by atoms with Gasteiger partial charge in [0.15, 0.2) is 0 Å². The fourth-order valence-electron chi connectivity index (χ4n) is 1.89. The largest absolute Gasteiger partial charge is 0.383 e. The summed E-state index contributed by atoms with van der Waals surface area (Å²) in [6, 6.07) is 1.20. The monoisotopic (exact) mass is 186 g/mol. The second kappa shape index (κ2) is 5.58. The number of likely N-dealkylation sites (N-methyl/N-ethyl adjacent to an activating group) is 1. The maximum absolute atomic E-state index is 5.16. The Labute approximate surface area is 81.4 Å². The quantitative estimate of drug-likeness (QED) is 0.684. The molecule has 78 valence electrons. The Morgan fingerprint density at radius 1 is 1.62 bits per heavy atom. The highest BCUT2D eigenvalue weighted by Gasteiger charge is 2.21. The lowest BCUT2D eigenvalue weighted by Crippen LogP contribution is -2.41. The SMILES string of the molecule is CCC(COC)NC1CCN(C)C1.